The highest BCUT2D eigenvalue weighted by atomic mass is 15.1. The summed E-state index contributed by atoms with van der Waals surface area (Å²) in [5, 5.41) is 8.85. The van der Waals surface area contributed by atoms with Crippen molar-refractivity contribution >= 4 is 5.69 Å². The van der Waals surface area contributed by atoms with Gasteiger partial charge in [0.05, 0.1) is 11.4 Å². The van der Waals surface area contributed by atoms with Crippen molar-refractivity contribution in [1.82, 2.24) is 9.55 Å². The molecule has 74 valence electrons. The zero-order valence-corrected chi connectivity index (χ0v) is 8.31. The van der Waals surface area contributed by atoms with Crippen molar-refractivity contribution in [2.24, 2.45) is 0 Å². The third-order valence-corrected chi connectivity index (χ3v) is 2.19. The Labute approximate surface area is 87.6 Å². The van der Waals surface area contributed by atoms with Gasteiger partial charge in [0.25, 0.3) is 0 Å². The molecule has 0 aliphatic heterocycles. The zero-order valence-electron chi connectivity index (χ0n) is 8.31. The summed E-state index contributed by atoms with van der Waals surface area (Å²) < 4.78 is 1.68. The molecule has 1 aromatic carbocycles. The average molecular weight is 198 g/mol. The molecule has 0 bridgehead atoms. The maximum absolute atomic E-state index is 8.85. The molecule has 0 aliphatic rings. The van der Waals surface area contributed by atoms with Gasteiger partial charge < -0.3 is 5.73 Å². The Kier molecular flexibility index (Phi) is 2.14. The molecule has 0 atom stereocenters. The first-order valence-electron chi connectivity index (χ1n) is 4.52. The van der Waals surface area contributed by atoms with Gasteiger partial charge in [0.2, 0.25) is 5.82 Å². The van der Waals surface area contributed by atoms with Crippen LogP contribution in [0.25, 0.3) is 5.69 Å². The second-order valence-electron chi connectivity index (χ2n) is 3.29. The van der Waals surface area contributed by atoms with Crippen LogP contribution in [0.2, 0.25) is 0 Å². The molecular formula is C11H10N4. The van der Waals surface area contributed by atoms with Crippen LogP contribution in [0.4, 0.5) is 5.69 Å². The first kappa shape index (κ1) is 9.28. The van der Waals surface area contributed by atoms with Crippen LogP contribution in [-0.2, 0) is 0 Å². The number of aryl methyl sites for hydroxylation is 1. The zero-order chi connectivity index (χ0) is 10.8. The second kappa shape index (κ2) is 3.46. The predicted molar refractivity (Wildman–Crippen MR) is 57.4 cm³/mol. The lowest BCUT2D eigenvalue weighted by Crippen LogP contribution is -2.01. The predicted octanol–water partition coefficient (Wildman–Crippen LogP) is 1.63. The van der Waals surface area contributed by atoms with Crippen LogP contribution >= 0.6 is 0 Å². The van der Waals surface area contributed by atoms with Crippen molar-refractivity contribution < 1.29 is 0 Å². The fourth-order valence-corrected chi connectivity index (χ4v) is 1.44. The lowest BCUT2D eigenvalue weighted by Gasteiger charge is -2.08. The highest BCUT2D eigenvalue weighted by Gasteiger charge is 2.06. The van der Waals surface area contributed by atoms with E-state index < -0.39 is 0 Å². The molecule has 0 fully saturated rings. The van der Waals surface area contributed by atoms with Crippen molar-refractivity contribution in [1.29, 1.82) is 5.26 Å². The van der Waals surface area contributed by atoms with Crippen LogP contribution < -0.4 is 5.73 Å². The van der Waals surface area contributed by atoms with Gasteiger partial charge in [0.15, 0.2) is 0 Å². The number of imidazole rings is 1. The highest BCUT2D eigenvalue weighted by Crippen LogP contribution is 2.19. The van der Waals surface area contributed by atoms with Crippen LogP contribution in [0.1, 0.15) is 11.4 Å². The molecule has 0 saturated heterocycles. The second-order valence-corrected chi connectivity index (χ2v) is 3.29. The summed E-state index contributed by atoms with van der Waals surface area (Å²) in [4.78, 5) is 3.93. The van der Waals surface area contributed by atoms with Crippen LogP contribution in [0, 0.1) is 18.3 Å². The van der Waals surface area contributed by atoms with Gasteiger partial charge in [0.1, 0.15) is 6.07 Å². The average Bonchev–Trinajstić information content (AvgIpc) is 2.69. The van der Waals surface area contributed by atoms with Gasteiger partial charge in [-0.2, -0.15) is 5.26 Å². The molecule has 0 radical (unpaired) electrons. The Morgan fingerprint density at radius 3 is 3.00 bits per heavy atom. The molecule has 0 aliphatic carbocycles. The van der Waals surface area contributed by atoms with E-state index in [1.54, 1.807) is 17.0 Å². The normalized spacial score (nSPS) is 9.87. The Morgan fingerprint density at radius 2 is 2.27 bits per heavy atom. The summed E-state index contributed by atoms with van der Waals surface area (Å²) in [6.45, 7) is 1.98. The maximum Gasteiger partial charge on any atom is 0.217 e. The van der Waals surface area contributed by atoms with Gasteiger partial charge in [0, 0.05) is 12.4 Å². The monoisotopic (exact) mass is 198 g/mol. The molecule has 4 heteroatoms. The smallest absolute Gasteiger partial charge is 0.217 e. The number of nitrogens with zero attached hydrogens (tertiary/aromatic N) is 3. The molecule has 0 unspecified atom stereocenters. The van der Waals surface area contributed by atoms with E-state index in [2.05, 4.69) is 4.98 Å². The summed E-state index contributed by atoms with van der Waals surface area (Å²) in [6, 6.07) is 7.70. The summed E-state index contributed by atoms with van der Waals surface area (Å²) >= 11 is 0. The third kappa shape index (κ3) is 1.55. The molecule has 2 aromatic rings. The van der Waals surface area contributed by atoms with E-state index in [4.69, 9.17) is 11.0 Å². The Bertz CT molecular complexity index is 534. The highest BCUT2D eigenvalue weighted by molar-refractivity contribution is 5.59. The number of nitriles is 1. The molecule has 1 heterocycles. The van der Waals surface area contributed by atoms with Crippen molar-refractivity contribution in [3.63, 3.8) is 0 Å². The first-order chi connectivity index (χ1) is 7.22. The summed E-state index contributed by atoms with van der Waals surface area (Å²) in [7, 11) is 0. The molecule has 2 rings (SSSR count). The van der Waals surface area contributed by atoms with Crippen molar-refractivity contribution in [3.8, 4) is 11.8 Å². The number of benzene rings is 1. The Balaban J connectivity index is 2.64. The lowest BCUT2D eigenvalue weighted by atomic mass is 10.2. The number of hydrogen-bond donors (Lipinski definition) is 1. The van der Waals surface area contributed by atoms with Gasteiger partial charge in [-0.1, -0.05) is 6.07 Å². The number of aromatic nitrogens is 2. The standard InChI is InChI=1S/C11H10N4/c1-8-2-3-9(13)10(6-8)15-5-4-14-11(15)7-12/h2-6H,13H2,1H3. The number of anilines is 1. The van der Waals surface area contributed by atoms with Gasteiger partial charge in [-0.3, -0.25) is 4.57 Å². The Hall–Kier alpha value is -2.28. The first-order valence-corrected chi connectivity index (χ1v) is 4.52. The SMILES string of the molecule is Cc1ccc(N)c(-n2ccnc2C#N)c1. The molecule has 2 N–H and O–H groups in total. The van der Waals surface area contributed by atoms with E-state index >= 15 is 0 Å². The van der Waals surface area contributed by atoms with E-state index in [0.29, 0.717) is 11.5 Å². The fourth-order valence-electron chi connectivity index (χ4n) is 1.44. The summed E-state index contributed by atoms with van der Waals surface area (Å²) in [6.07, 6.45) is 3.31. The molecular weight excluding hydrogens is 188 g/mol. The van der Waals surface area contributed by atoms with E-state index in [-0.39, 0.29) is 0 Å². The maximum atomic E-state index is 8.85. The van der Waals surface area contributed by atoms with Crippen LogP contribution in [0.3, 0.4) is 0 Å². The molecule has 0 saturated carbocycles. The molecule has 0 amide bonds. The summed E-state index contributed by atoms with van der Waals surface area (Å²) in [5.74, 6) is 0.340. The van der Waals surface area contributed by atoms with Crippen molar-refractivity contribution in [3.05, 3.63) is 42.0 Å². The molecule has 4 nitrogen and oxygen atoms in total. The summed E-state index contributed by atoms with van der Waals surface area (Å²) in [5.41, 5.74) is 8.37. The van der Waals surface area contributed by atoms with Gasteiger partial charge in [-0.15, -0.1) is 0 Å². The minimum Gasteiger partial charge on any atom is -0.397 e. The number of rotatable bonds is 1. The van der Waals surface area contributed by atoms with E-state index in [1.165, 1.54) is 0 Å². The number of hydrogen-bond acceptors (Lipinski definition) is 3. The van der Waals surface area contributed by atoms with Gasteiger partial charge >= 0.3 is 0 Å². The Morgan fingerprint density at radius 1 is 1.47 bits per heavy atom. The van der Waals surface area contributed by atoms with Crippen LogP contribution in [0.5, 0.6) is 0 Å². The third-order valence-electron chi connectivity index (χ3n) is 2.19. The molecule has 0 spiro atoms. The topological polar surface area (TPSA) is 67.6 Å². The van der Waals surface area contributed by atoms with Gasteiger partial charge in [-0.05, 0) is 24.6 Å². The largest absolute Gasteiger partial charge is 0.397 e. The minimum absolute atomic E-state index is 0.340. The van der Waals surface area contributed by atoms with Crippen LogP contribution in [0.15, 0.2) is 30.6 Å². The fraction of sp³-hybridized carbons (Fsp3) is 0.0909. The quantitative estimate of drug-likeness (QED) is 0.708. The molecule has 1 aromatic heterocycles. The van der Waals surface area contributed by atoms with E-state index in [1.807, 2.05) is 31.2 Å². The minimum atomic E-state index is 0.340. The van der Waals surface area contributed by atoms with Crippen LogP contribution in [-0.4, -0.2) is 9.55 Å². The van der Waals surface area contributed by atoms with Crippen molar-refractivity contribution in [2.75, 3.05) is 5.73 Å². The lowest BCUT2D eigenvalue weighted by molar-refractivity contribution is 1.02. The van der Waals surface area contributed by atoms with Gasteiger partial charge in [-0.25, -0.2) is 4.98 Å². The van der Waals surface area contributed by atoms with E-state index in [9.17, 15) is 0 Å². The number of nitrogen functional groups attached to an aromatic ring is 1. The van der Waals surface area contributed by atoms with Crippen molar-refractivity contribution in [2.45, 2.75) is 6.92 Å². The van der Waals surface area contributed by atoms with E-state index in [0.717, 1.165) is 11.3 Å². The molecule has 15 heavy (non-hydrogen) atoms. The number of nitrogens with two attached hydrogens (primary N) is 1.